The lowest BCUT2D eigenvalue weighted by molar-refractivity contribution is -0.125. The van der Waals surface area contributed by atoms with Crippen molar-refractivity contribution in [3.05, 3.63) is 59.5 Å². The Morgan fingerprint density at radius 1 is 1.16 bits per heavy atom. The maximum atomic E-state index is 12.7. The van der Waals surface area contributed by atoms with Crippen LogP contribution in [0.15, 0.2) is 47.1 Å². The third-order valence-corrected chi connectivity index (χ3v) is 4.70. The SMILES string of the molecule is CSCC[C@H](C(=O)NCc1ccco1)N1C(=O)c2ccccc2C1=O. The highest BCUT2D eigenvalue weighted by molar-refractivity contribution is 7.98. The normalized spacial score (nSPS) is 14.5. The standard InChI is InChI=1S/C18H18N2O4S/c1-25-10-8-15(16(21)19-11-12-5-4-9-24-12)20-17(22)13-6-2-3-7-14(13)18(20)23/h2-7,9,15H,8,10-11H2,1H3,(H,19,21)/t15-/m1/s1. The molecule has 0 saturated carbocycles. The highest BCUT2D eigenvalue weighted by Gasteiger charge is 2.42. The molecule has 3 amide bonds. The fourth-order valence-corrected chi connectivity index (χ4v) is 3.26. The average molecular weight is 358 g/mol. The lowest BCUT2D eigenvalue weighted by Gasteiger charge is -2.25. The first kappa shape index (κ1) is 17.3. The molecule has 0 aliphatic carbocycles. The van der Waals surface area contributed by atoms with Gasteiger partial charge in [0.25, 0.3) is 11.8 Å². The quantitative estimate of drug-likeness (QED) is 0.769. The van der Waals surface area contributed by atoms with Gasteiger partial charge in [0, 0.05) is 0 Å². The molecule has 1 atom stereocenters. The van der Waals surface area contributed by atoms with E-state index in [-0.39, 0.29) is 12.5 Å². The van der Waals surface area contributed by atoms with E-state index in [4.69, 9.17) is 4.42 Å². The average Bonchev–Trinajstić information content (AvgIpc) is 3.23. The van der Waals surface area contributed by atoms with Crippen LogP contribution in [0.25, 0.3) is 0 Å². The van der Waals surface area contributed by atoms with Gasteiger partial charge in [-0.25, -0.2) is 0 Å². The molecule has 1 aliphatic rings. The minimum absolute atomic E-state index is 0.213. The summed E-state index contributed by atoms with van der Waals surface area (Å²) in [6.45, 7) is 0.213. The van der Waals surface area contributed by atoms with E-state index >= 15 is 0 Å². The van der Waals surface area contributed by atoms with Gasteiger partial charge < -0.3 is 9.73 Å². The molecule has 1 aromatic carbocycles. The number of imide groups is 1. The Balaban J connectivity index is 1.79. The lowest BCUT2D eigenvalue weighted by atomic mass is 10.1. The molecule has 0 spiro atoms. The number of rotatable bonds is 7. The molecule has 0 radical (unpaired) electrons. The van der Waals surface area contributed by atoms with Crippen LogP contribution in [0.4, 0.5) is 0 Å². The number of thioether (sulfide) groups is 1. The van der Waals surface area contributed by atoms with Gasteiger partial charge in [-0.2, -0.15) is 11.8 Å². The van der Waals surface area contributed by atoms with Crippen LogP contribution in [0.2, 0.25) is 0 Å². The molecule has 0 saturated heterocycles. The van der Waals surface area contributed by atoms with Crippen LogP contribution in [0.5, 0.6) is 0 Å². The predicted octanol–water partition coefficient (Wildman–Crippen LogP) is 2.31. The summed E-state index contributed by atoms with van der Waals surface area (Å²) in [6, 6.07) is 9.29. The third kappa shape index (κ3) is 3.46. The summed E-state index contributed by atoms with van der Waals surface area (Å²) >= 11 is 1.56. The van der Waals surface area contributed by atoms with Gasteiger partial charge in [0.2, 0.25) is 5.91 Å². The third-order valence-electron chi connectivity index (χ3n) is 4.05. The number of furan rings is 1. The van der Waals surface area contributed by atoms with Gasteiger partial charge in [-0.1, -0.05) is 12.1 Å². The van der Waals surface area contributed by atoms with E-state index in [0.717, 1.165) is 4.90 Å². The van der Waals surface area contributed by atoms with Crippen LogP contribution in [-0.2, 0) is 11.3 Å². The number of amides is 3. The van der Waals surface area contributed by atoms with Crippen molar-refractivity contribution in [2.75, 3.05) is 12.0 Å². The van der Waals surface area contributed by atoms with Crippen molar-refractivity contribution in [2.45, 2.75) is 19.0 Å². The second kappa shape index (κ2) is 7.57. The van der Waals surface area contributed by atoms with Gasteiger partial charge in [-0.15, -0.1) is 0 Å². The molecule has 0 unspecified atom stereocenters. The zero-order chi connectivity index (χ0) is 17.8. The molecule has 6 nitrogen and oxygen atoms in total. The largest absolute Gasteiger partial charge is 0.467 e. The van der Waals surface area contributed by atoms with Crippen molar-refractivity contribution in [1.82, 2.24) is 10.2 Å². The smallest absolute Gasteiger partial charge is 0.262 e. The van der Waals surface area contributed by atoms with E-state index in [1.54, 1.807) is 48.2 Å². The molecule has 0 fully saturated rings. The summed E-state index contributed by atoms with van der Waals surface area (Å²) in [4.78, 5) is 39.0. The second-order valence-electron chi connectivity index (χ2n) is 5.62. The van der Waals surface area contributed by atoms with Gasteiger partial charge in [-0.05, 0) is 42.7 Å². The van der Waals surface area contributed by atoms with Crippen LogP contribution in [0.3, 0.4) is 0 Å². The second-order valence-corrected chi connectivity index (χ2v) is 6.61. The fraction of sp³-hybridized carbons (Fsp3) is 0.278. The number of nitrogens with zero attached hydrogens (tertiary/aromatic N) is 1. The molecule has 3 rings (SSSR count). The van der Waals surface area contributed by atoms with Crippen molar-refractivity contribution in [3.8, 4) is 0 Å². The van der Waals surface area contributed by atoms with Gasteiger partial charge in [0.15, 0.2) is 0 Å². The zero-order valence-electron chi connectivity index (χ0n) is 13.7. The molecule has 2 heterocycles. The maximum absolute atomic E-state index is 12.7. The van der Waals surface area contributed by atoms with Gasteiger partial charge in [0.05, 0.1) is 23.9 Å². The van der Waals surface area contributed by atoms with Crippen molar-refractivity contribution in [3.63, 3.8) is 0 Å². The highest BCUT2D eigenvalue weighted by Crippen LogP contribution is 2.26. The number of carbonyl (C=O) groups excluding carboxylic acids is 3. The Hall–Kier alpha value is -2.54. The van der Waals surface area contributed by atoms with Crippen LogP contribution in [0.1, 0.15) is 32.9 Å². The van der Waals surface area contributed by atoms with E-state index in [1.807, 2.05) is 6.26 Å². The first-order chi connectivity index (χ1) is 12.1. The molecule has 2 aromatic rings. The molecular formula is C18H18N2O4S. The van der Waals surface area contributed by atoms with E-state index < -0.39 is 17.9 Å². The first-order valence-corrected chi connectivity index (χ1v) is 9.29. The van der Waals surface area contributed by atoms with Crippen LogP contribution in [0, 0.1) is 0 Å². The summed E-state index contributed by atoms with van der Waals surface area (Å²) in [7, 11) is 0. The van der Waals surface area contributed by atoms with Crippen molar-refractivity contribution in [2.24, 2.45) is 0 Å². The minimum atomic E-state index is -0.838. The van der Waals surface area contributed by atoms with E-state index in [0.29, 0.717) is 29.1 Å². The summed E-state index contributed by atoms with van der Waals surface area (Å²) in [6.07, 6.45) is 3.84. The van der Waals surface area contributed by atoms with Crippen molar-refractivity contribution < 1.29 is 18.8 Å². The van der Waals surface area contributed by atoms with E-state index in [1.165, 1.54) is 6.26 Å². The molecule has 0 bridgehead atoms. The lowest BCUT2D eigenvalue weighted by Crippen LogP contribution is -2.49. The number of benzene rings is 1. The Morgan fingerprint density at radius 2 is 1.84 bits per heavy atom. The van der Waals surface area contributed by atoms with Crippen LogP contribution in [-0.4, -0.2) is 40.7 Å². The molecule has 7 heteroatoms. The van der Waals surface area contributed by atoms with Crippen molar-refractivity contribution >= 4 is 29.5 Å². The number of nitrogens with one attached hydrogen (secondary N) is 1. The Labute approximate surface area is 149 Å². The minimum Gasteiger partial charge on any atom is -0.467 e. The van der Waals surface area contributed by atoms with Crippen molar-refractivity contribution in [1.29, 1.82) is 0 Å². The Bertz CT molecular complexity index is 753. The summed E-state index contributed by atoms with van der Waals surface area (Å²) in [5.41, 5.74) is 0.695. The van der Waals surface area contributed by atoms with E-state index in [9.17, 15) is 14.4 Å². The molecule has 1 N–H and O–H groups in total. The van der Waals surface area contributed by atoms with Gasteiger partial charge >= 0.3 is 0 Å². The summed E-state index contributed by atoms with van der Waals surface area (Å²) in [5, 5.41) is 2.75. The molecule has 1 aromatic heterocycles. The molecule has 1 aliphatic heterocycles. The number of hydrogen-bond donors (Lipinski definition) is 1. The zero-order valence-corrected chi connectivity index (χ0v) is 14.5. The number of hydrogen-bond acceptors (Lipinski definition) is 5. The van der Waals surface area contributed by atoms with Crippen LogP contribution >= 0.6 is 11.8 Å². The fourth-order valence-electron chi connectivity index (χ4n) is 2.80. The summed E-state index contributed by atoms with van der Waals surface area (Å²) in [5.74, 6) is 0.0747. The van der Waals surface area contributed by atoms with Gasteiger partial charge in [-0.3, -0.25) is 19.3 Å². The Kier molecular flexibility index (Phi) is 5.23. The van der Waals surface area contributed by atoms with Crippen LogP contribution < -0.4 is 5.32 Å². The van der Waals surface area contributed by atoms with E-state index in [2.05, 4.69) is 5.32 Å². The topological polar surface area (TPSA) is 79.6 Å². The summed E-state index contributed by atoms with van der Waals surface area (Å²) < 4.78 is 5.20. The monoisotopic (exact) mass is 358 g/mol. The Morgan fingerprint density at radius 3 is 2.40 bits per heavy atom. The highest BCUT2D eigenvalue weighted by atomic mass is 32.2. The molecule has 25 heavy (non-hydrogen) atoms. The van der Waals surface area contributed by atoms with Gasteiger partial charge in [0.1, 0.15) is 11.8 Å². The maximum Gasteiger partial charge on any atom is 0.262 e. The first-order valence-electron chi connectivity index (χ1n) is 7.89. The predicted molar refractivity (Wildman–Crippen MR) is 94.3 cm³/mol. The number of fused-ring (bicyclic) bond motifs is 1. The molecular weight excluding hydrogens is 340 g/mol. The number of carbonyl (C=O) groups is 3. The molecule has 130 valence electrons.